The Balaban J connectivity index is 2.60. The average molecular weight is 299 g/mol. The fourth-order valence-electron chi connectivity index (χ4n) is 1.55. The van der Waals surface area contributed by atoms with Crippen LogP contribution in [0.1, 0.15) is 0 Å². The number of rotatable bonds is 7. The van der Waals surface area contributed by atoms with E-state index in [4.69, 9.17) is 23.2 Å². The molecule has 0 spiro atoms. The van der Waals surface area contributed by atoms with Gasteiger partial charge in [-0.3, -0.25) is 9.69 Å². The molecule has 19 heavy (non-hydrogen) atoms. The maximum absolute atomic E-state index is 11.9. The van der Waals surface area contributed by atoms with Gasteiger partial charge in [-0.2, -0.15) is 0 Å². The van der Waals surface area contributed by atoms with E-state index in [2.05, 4.69) is 18.5 Å². The molecule has 0 atom stereocenters. The molecule has 0 heterocycles. The zero-order valence-electron chi connectivity index (χ0n) is 10.5. The van der Waals surface area contributed by atoms with Crippen molar-refractivity contribution in [1.82, 2.24) is 4.90 Å². The molecule has 0 aromatic heterocycles. The van der Waals surface area contributed by atoms with E-state index in [-0.39, 0.29) is 12.5 Å². The number of hydrogen-bond donors (Lipinski definition) is 1. The molecular formula is C14H16Cl2N2O. The Labute approximate surface area is 123 Å². The number of carbonyl (C=O) groups is 1. The van der Waals surface area contributed by atoms with Gasteiger partial charge in [0.1, 0.15) is 0 Å². The van der Waals surface area contributed by atoms with E-state index in [9.17, 15) is 4.79 Å². The van der Waals surface area contributed by atoms with E-state index in [1.165, 1.54) is 0 Å². The van der Waals surface area contributed by atoms with Crippen LogP contribution in [0.3, 0.4) is 0 Å². The van der Waals surface area contributed by atoms with Crippen LogP contribution in [-0.4, -0.2) is 30.4 Å². The van der Waals surface area contributed by atoms with E-state index < -0.39 is 0 Å². The van der Waals surface area contributed by atoms with Crippen LogP contribution in [0, 0.1) is 0 Å². The van der Waals surface area contributed by atoms with Gasteiger partial charge in [0.05, 0.1) is 16.6 Å². The molecule has 1 aromatic rings. The Bertz CT molecular complexity index is 465. The van der Waals surface area contributed by atoms with Gasteiger partial charge in [-0.15, -0.1) is 13.2 Å². The molecule has 5 heteroatoms. The average Bonchev–Trinajstić information content (AvgIpc) is 2.34. The smallest absolute Gasteiger partial charge is 0.238 e. The third kappa shape index (κ3) is 5.47. The minimum atomic E-state index is -0.123. The third-order valence-corrected chi connectivity index (χ3v) is 3.08. The van der Waals surface area contributed by atoms with Gasteiger partial charge in [0, 0.05) is 18.8 Å². The SMILES string of the molecule is C=CCN(CC=C)CC(=O)Nc1ccc(Cl)c(Cl)c1. The Morgan fingerprint density at radius 3 is 2.37 bits per heavy atom. The number of anilines is 1. The van der Waals surface area contributed by atoms with Crippen molar-refractivity contribution < 1.29 is 4.79 Å². The van der Waals surface area contributed by atoms with Gasteiger partial charge in [-0.1, -0.05) is 35.4 Å². The predicted octanol–water partition coefficient (Wildman–Crippen LogP) is 3.61. The highest BCUT2D eigenvalue weighted by atomic mass is 35.5. The molecule has 0 aliphatic carbocycles. The van der Waals surface area contributed by atoms with Crippen LogP contribution in [0.25, 0.3) is 0 Å². The van der Waals surface area contributed by atoms with Crippen molar-refractivity contribution in [2.75, 3.05) is 25.0 Å². The molecule has 0 unspecified atom stereocenters. The molecule has 0 fully saturated rings. The van der Waals surface area contributed by atoms with Gasteiger partial charge in [0.15, 0.2) is 0 Å². The van der Waals surface area contributed by atoms with Gasteiger partial charge in [0.25, 0.3) is 0 Å². The topological polar surface area (TPSA) is 32.3 Å². The molecule has 0 saturated heterocycles. The summed E-state index contributed by atoms with van der Waals surface area (Å²) in [6.45, 7) is 8.82. The molecule has 0 bridgehead atoms. The van der Waals surface area contributed by atoms with E-state index >= 15 is 0 Å². The predicted molar refractivity (Wildman–Crippen MR) is 81.9 cm³/mol. The van der Waals surface area contributed by atoms with Gasteiger partial charge < -0.3 is 5.32 Å². The Kier molecular flexibility index (Phi) is 6.64. The quantitative estimate of drug-likeness (QED) is 0.780. The first kappa shape index (κ1) is 15.8. The summed E-state index contributed by atoms with van der Waals surface area (Å²) in [6.07, 6.45) is 3.49. The van der Waals surface area contributed by atoms with Crippen LogP contribution in [0.2, 0.25) is 10.0 Å². The van der Waals surface area contributed by atoms with Crippen LogP contribution in [0.15, 0.2) is 43.5 Å². The van der Waals surface area contributed by atoms with Crippen molar-refractivity contribution in [3.8, 4) is 0 Å². The number of hydrogen-bond acceptors (Lipinski definition) is 2. The van der Waals surface area contributed by atoms with Crippen molar-refractivity contribution in [2.24, 2.45) is 0 Å². The highest BCUT2D eigenvalue weighted by Crippen LogP contribution is 2.24. The van der Waals surface area contributed by atoms with Crippen LogP contribution in [0.4, 0.5) is 5.69 Å². The lowest BCUT2D eigenvalue weighted by atomic mass is 10.3. The van der Waals surface area contributed by atoms with Crippen LogP contribution >= 0.6 is 23.2 Å². The van der Waals surface area contributed by atoms with Gasteiger partial charge in [0.2, 0.25) is 5.91 Å². The number of carbonyl (C=O) groups excluding carboxylic acids is 1. The normalized spacial score (nSPS) is 10.3. The number of amides is 1. The van der Waals surface area contributed by atoms with E-state index in [1.54, 1.807) is 30.4 Å². The van der Waals surface area contributed by atoms with Crippen LogP contribution in [0.5, 0.6) is 0 Å². The molecular weight excluding hydrogens is 283 g/mol. The minimum absolute atomic E-state index is 0.123. The molecule has 0 radical (unpaired) electrons. The Morgan fingerprint density at radius 2 is 1.84 bits per heavy atom. The summed E-state index contributed by atoms with van der Waals surface area (Å²) in [4.78, 5) is 13.8. The summed E-state index contributed by atoms with van der Waals surface area (Å²) < 4.78 is 0. The summed E-state index contributed by atoms with van der Waals surface area (Å²) in [5.74, 6) is -0.123. The third-order valence-electron chi connectivity index (χ3n) is 2.35. The van der Waals surface area contributed by atoms with E-state index in [0.29, 0.717) is 28.8 Å². The lowest BCUT2D eigenvalue weighted by Gasteiger charge is -2.18. The highest BCUT2D eigenvalue weighted by molar-refractivity contribution is 6.42. The molecule has 1 N–H and O–H groups in total. The lowest BCUT2D eigenvalue weighted by Crippen LogP contribution is -2.33. The summed E-state index contributed by atoms with van der Waals surface area (Å²) >= 11 is 11.7. The number of nitrogens with zero attached hydrogens (tertiary/aromatic N) is 1. The number of nitrogens with one attached hydrogen (secondary N) is 1. The fraction of sp³-hybridized carbons (Fsp3) is 0.214. The van der Waals surface area contributed by atoms with Gasteiger partial charge >= 0.3 is 0 Å². The van der Waals surface area contributed by atoms with Crippen molar-refractivity contribution in [3.63, 3.8) is 0 Å². The molecule has 1 aromatic carbocycles. The van der Waals surface area contributed by atoms with Crippen molar-refractivity contribution in [3.05, 3.63) is 53.6 Å². The van der Waals surface area contributed by atoms with Gasteiger partial charge in [-0.25, -0.2) is 0 Å². The van der Waals surface area contributed by atoms with Crippen LogP contribution < -0.4 is 5.32 Å². The summed E-state index contributed by atoms with van der Waals surface area (Å²) in [7, 11) is 0. The second-order valence-corrected chi connectivity index (χ2v) is 4.76. The fourth-order valence-corrected chi connectivity index (χ4v) is 1.84. The first-order chi connectivity index (χ1) is 9.06. The molecule has 1 amide bonds. The summed E-state index contributed by atoms with van der Waals surface area (Å²) in [6, 6.07) is 4.97. The van der Waals surface area contributed by atoms with Crippen molar-refractivity contribution in [1.29, 1.82) is 0 Å². The standard InChI is InChI=1S/C14H16Cl2N2O/c1-3-7-18(8-4-2)10-14(19)17-11-5-6-12(15)13(16)9-11/h3-6,9H,1-2,7-8,10H2,(H,17,19). The number of halogens is 2. The van der Waals surface area contributed by atoms with Crippen molar-refractivity contribution in [2.45, 2.75) is 0 Å². The summed E-state index contributed by atoms with van der Waals surface area (Å²) in [5.41, 5.74) is 0.622. The summed E-state index contributed by atoms with van der Waals surface area (Å²) in [5, 5.41) is 3.63. The molecule has 0 aliphatic rings. The second-order valence-electron chi connectivity index (χ2n) is 3.95. The zero-order chi connectivity index (χ0) is 14.3. The molecule has 1 rings (SSSR count). The number of benzene rings is 1. The Morgan fingerprint density at radius 1 is 1.21 bits per heavy atom. The monoisotopic (exact) mass is 298 g/mol. The first-order valence-corrected chi connectivity index (χ1v) is 6.51. The highest BCUT2D eigenvalue weighted by Gasteiger charge is 2.09. The van der Waals surface area contributed by atoms with Crippen LogP contribution in [-0.2, 0) is 4.79 Å². The second kappa shape index (κ2) is 8.00. The lowest BCUT2D eigenvalue weighted by molar-refractivity contribution is -0.117. The molecule has 3 nitrogen and oxygen atoms in total. The minimum Gasteiger partial charge on any atom is -0.325 e. The molecule has 102 valence electrons. The zero-order valence-corrected chi connectivity index (χ0v) is 12.0. The Hall–Kier alpha value is -1.29. The van der Waals surface area contributed by atoms with E-state index in [0.717, 1.165) is 0 Å². The maximum atomic E-state index is 11.9. The van der Waals surface area contributed by atoms with Crippen molar-refractivity contribution >= 4 is 34.8 Å². The van der Waals surface area contributed by atoms with E-state index in [1.807, 2.05) is 4.90 Å². The maximum Gasteiger partial charge on any atom is 0.238 e. The largest absolute Gasteiger partial charge is 0.325 e. The van der Waals surface area contributed by atoms with Gasteiger partial charge in [-0.05, 0) is 18.2 Å². The molecule has 0 saturated carbocycles. The first-order valence-electron chi connectivity index (χ1n) is 5.76. The molecule has 0 aliphatic heterocycles.